The van der Waals surface area contributed by atoms with Crippen LogP contribution in [0.5, 0.6) is 0 Å². The number of carboxylic acid groups (broad SMARTS) is 1. The lowest BCUT2D eigenvalue weighted by Gasteiger charge is -2.31. The highest BCUT2D eigenvalue weighted by molar-refractivity contribution is 5.99. The molecule has 0 unspecified atom stereocenters. The minimum absolute atomic E-state index is 0.0889. The average molecular weight is 266 g/mol. The first kappa shape index (κ1) is 13.3. The SMILES string of the molecule is Nc1c(F)cccc1C(=O)N1CCC[C@@H](C(=O)O)C1. The van der Waals surface area contributed by atoms with Gasteiger partial charge in [0, 0.05) is 13.1 Å². The van der Waals surface area contributed by atoms with E-state index >= 15 is 0 Å². The number of nitrogens with zero attached hydrogens (tertiary/aromatic N) is 1. The van der Waals surface area contributed by atoms with Gasteiger partial charge in [-0.15, -0.1) is 0 Å². The summed E-state index contributed by atoms with van der Waals surface area (Å²) in [4.78, 5) is 24.6. The van der Waals surface area contributed by atoms with Gasteiger partial charge in [-0.25, -0.2) is 4.39 Å². The summed E-state index contributed by atoms with van der Waals surface area (Å²) in [6, 6.07) is 4.05. The lowest BCUT2D eigenvalue weighted by atomic mass is 9.97. The van der Waals surface area contributed by atoms with Gasteiger partial charge in [0.1, 0.15) is 5.82 Å². The van der Waals surface area contributed by atoms with Crippen molar-refractivity contribution in [3.05, 3.63) is 29.6 Å². The Morgan fingerprint density at radius 1 is 1.42 bits per heavy atom. The molecule has 0 saturated carbocycles. The number of para-hydroxylation sites is 1. The third-order valence-corrected chi connectivity index (χ3v) is 3.34. The predicted molar refractivity (Wildman–Crippen MR) is 67.1 cm³/mol. The van der Waals surface area contributed by atoms with E-state index in [0.717, 1.165) is 0 Å². The molecule has 1 aliphatic rings. The fraction of sp³-hybridized carbons (Fsp3) is 0.385. The Morgan fingerprint density at radius 3 is 2.84 bits per heavy atom. The van der Waals surface area contributed by atoms with Crippen molar-refractivity contribution in [2.45, 2.75) is 12.8 Å². The van der Waals surface area contributed by atoms with E-state index in [9.17, 15) is 14.0 Å². The van der Waals surface area contributed by atoms with Crippen LogP contribution in [0.4, 0.5) is 10.1 Å². The van der Waals surface area contributed by atoms with E-state index in [2.05, 4.69) is 0 Å². The lowest BCUT2D eigenvalue weighted by Crippen LogP contribution is -2.42. The number of anilines is 1. The number of likely N-dealkylation sites (tertiary alicyclic amines) is 1. The lowest BCUT2D eigenvalue weighted by molar-refractivity contribution is -0.143. The number of aliphatic carboxylic acids is 1. The number of nitrogen functional groups attached to an aromatic ring is 1. The van der Waals surface area contributed by atoms with Crippen molar-refractivity contribution >= 4 is 17.6 Å². The van der Waals surface area contributed by atoms with E-state index in [1.54, 1.807) is 0 Å². The van der Waals surface area contributed by atoms with Crippen molar-refractivity contribution in [3.63, 3.8) is 0 Å². The molecule has 1 fully saturated rings. The van der Waals surface area contributed by atoms with Crippen molar-refractivity contribution < 1.29 is 19.1 Å². The van der Waals surface area contributed by atoms with Crippen molar-refractivity contribution in [1.82, 2.24) is 4.90 Å². The van der Waals surface area contributed by atoms with Crippen molar-refractivity contribution in [2.75, 3.05) is 18.8 Å². The molecule has 5 nitrogen and oxygen atoms in total. The van der Waals surface area contributed by atoms with E-state index in [1.165, 1.54) is 23.1 Å². The second-order valence-electron chi connectivity index (χ2n) is 4.63. The molecule has 0 aromatic heterocycles. The minimum atomic E-state index is -0.912. The maximum absolute atomic E-state index is 13.3. The van der Waals surface area contributed by atoms with E-state index in [-0.39, 0.29) is 17.8 Å². The summed E-state index contributed by atoms with van der Waals surface area (Å²) in [5, 5.41) is 8.98. The highest BCUT2D eigenvalue weighted by atomic mass is 19.1. The third kappa shape index (κ3) is 2.67. The van der Waals surface area contributed by atoms with Crippen molar-refractivity contribution in [1.29, 1.82) is 0 Å². The molecule has 1 aliphatic heterocycles. The van der Waals surface area contributed by atoms with Gasteiger partial charge in [-0.1, -0.05) is 6.07 Å². The van der Waals surface area contributed by atoms with Crippen LogP contribution in [-0.2, 0) is 4.79 Å². The van der Waals surface area contributed by atoms with E-state index in [1.807, 2.05) is 0 Å². The Balaban J connectivity index is 2.19. The monoisotopic (exact) mass is 266 g/mol. The Kier molecular flexibility index (Phi) is 3.69. The second kappa shape index (κ2) is 5.26. The van der Waals surface area contributed by atoms with Crippen LogP contribution in [0.1, 0.15) is 23.2 Å². The zero-order chi connectivity index (χ0) is 14.0. The molecule has 19 heavy (non-hydrogen) atoms. The fourth-order valence-corrected chi connectivity index (χ4v) is 2.26. The molecular weight excluding hydrogens is 251 g/mol. The molecule has 0 spiro atoms. The number of piperidine rings is 1. The van der Waals surface area contributed by atoms with Crippen LogP contribution >= 0.6 is 0 Å². The highest BCUT2D eigenvalue weighted by Gasteiger charge is 2.29. The molecule has 0 bridgehead atoms. The number of hydrogen-bond acceptors (Lipinski definition) is 3. The Morgan fingerprint density at radius 2 is 2.16 bits per heavy atom. The number of rotatable bonds is 2. The molecule has 1 amide bonds. The minimum Gasteiger partial charge on any atom is -0.481 e. The standard InChI is InChI=1S/C13H15FN2O3/c14-10-5-1-4-9(11(10)15)12(17)16-6-2-3-8(7-16)13(18)19/h1,4-5,8H,2-3,6-7,15H2,(H,18,19)/t8-/m1/s1. The van der Waals surface area contributed by atoms with E-state index < -0.39 is 23.6 Å². The molecule has 2 rings (SSSR count). The number of carboxylic acids is 1. The summed E-state index contributed by atoms with van der Waals surface area (Å²) in [5.74, 6) is -2.53. The number of nitrogens with two attached hydrogens (primary N) is 1. The third-order valence-electron chi connectivity index (χ3n) is 3.34. The summed E-state index contributed by atoms with van der Waals surface area (Å²) in [7, 11) is 0. The van der Waals surface area contributed by atoms with Crippen LogP contribution in [-0.4, -0.2) is 35.0 Å². The summed E-state index contributed by atoms with van der Waals surface area (Å²) in [6.07, 6.45) is 1.18. The van der Waals surface area contributed by atoms with Gasteiger partial charge < -0.3 is 15.7 Å². The zero-order valence-electron chi connectivity index (χ0n) is 10.3. The number of halogens is 1. The molecule has 1 saturated heterocycles. The quantitative estimate of drug-likeness (QED) is 0.791. The Labute approximate surface area is 109 Å². The van der Waals surface area contributed by atoms with Gasteiger partial charge in [0.05, 0.1) is 17.2 Å². The molecule has 1 heterocycles. The molecule has 1 atom stereocenters. The first-order valence-corrected chi connectivity index (χ1v) is 6.06. The van der Waals surface area contributed by atoms with Crippen LogP contribution in [0.2, 0.25) is 0 Å². The van der Waals surface area contributed by atoms with Gasteiger partial charge in [-0.2, -0.15) is 0 Å². The maximum Gasteiger partial charge on any atom is 0.308 e. The Bertz CT molecular complexity index is 519. The van der Waals surface area contributed by atoms with Crippen LogP contribution in [0.25, 0.3) is 0 Å². The summed E-state index contributed by atoms with van der Waals surface area (Å²) >= 11 is 0. The maximum atomic E-state index is 13.3. The van der Waals surface area contributed by atoms with Crippen LogP contribution < -0.4 is 5.73 Å². The van der Waals surface area contributed by atoms with E-state index in [0.29, 0.717) is 19.4 Å². The van der Waals surface area contributed by atoms with Crippen LogP contribution in [0, 0.1) is 11.7 Å². The number of benzene rings is 1. The number of carbonyl (C=O) groups excluding carboxylic acids is 1. The normalized spacial score (nSPS) is 19.2. The highest BCUT2D eigenvalue weighted by Crippen LogP contribution is 2.22. The first-order chi connectivity index (χ1) is 9.00. The average Bonchev–Trinajstić information content (AvgIpc) is 2.41. The second-order valence-corrected chi connectivity index (χ2v) is 4.63. The van der Waals surface area contributed by atoms with Crippen LogP contribution in [0.3, 0.4) is 0 Å². The fourth-order valence-electron chi connectivity index (χ4n) is 2.26. The summed E-state index contributed by atoms with van der Waals surface area (Å²) < 4.78 is 13.3. The van der Waals surface area contributed by atoms with Gasteiger partial charge >= 0.3 is 5.97 Å². The molecule has 0 radical (unpaired) electrons. The molecule has 6 heteroatoms. The van der Waals surface area contributed by atoms with Gasteiger partial charge in [-0.3, -0.25) is 9.59 Å². The van der Waals surface area contributed by atoms with Gasteiger partial charge in [0.15, 0.2) is 0 Å². The van der Waals surface area contributed by atoms with Gasteiger partial charge in [0.2, 0.25) is 0 Å². The molecule has 1 aromatic carbocycles. The molecule has 1 aromatic rings. The number of amides is 1. The van der Waals surface area contributed by atoms with E-state index in [4.69, 9.17) is 10.8 Å². The van der Waals surface area contributed by atoms with Gasteiger partial charge in [-0.05, 0) is 25.0 Å². The summed E-state index contributed by atoms with van der Waals surface area (Å²) in [5.41, 5.74) is 5.44. The molecular formula is C13H15FN2O3. The van der Waals surface area contributed by atoms with Gasteiger partial charge in [0.25, 0.3) is 5.91 Å². The Hall–Kier alpha value is -2.11. The van der Waals surface area contributed by atoms with Crippen molar-refractivity contribution in [2.24, 2.45) is 5.92 Å². The predicted octanol–water partition coefficient (Wildman–Crippen LogP) is 1.34. The topological polar surface area (TPSA) is 83.6 Å². The smallest absolute Gasteiger partial charge is 0.308 e. The molecule has 0 aliphatic carbocycles. The number of hydrogen-bond donors (Lipinski definition) is 2. The summed E-state index contributed by atoms with van der Waals surface area (Å²) in [6.45, 7) is 0.614. The number of carbonyl (C=O) groups is 2. The first-order valence-electron chi connectivity index (χ1n) is 6.06. The zero-order valence-corrected chi connectivity index (χ0v) is 10.3. The largest absolute Gasteiger partial charge is 0.481 e. The van der Waals surface area contributed by atoms with Crippen LogP contribution in [0.15, 0.2) is 18.2 Å². The molecule has 3 N–H and O–H groups in total. The molecule has 102 valence electrons. The van der Waals surface area contributed by atoms with Crippen molar-refractivity contribution in [3.8, 4) is 0 Å².